The molecular formula is C16H26N2O. The Kier molecular flexibility index (Phi) is 4.85. The van der Waals surface area contributed by atoms with E-state index in [2.05, 4.69) is 18.3 Å². The molecule has 0 heterocycles. The van der Waals surface area contributed by atoms with Crippen molar-refractivity contribution in [1.29, 1.82) is 5.26 Å². The highest BCUT2D eigenvalue weighted by atomic mass is 16.2. The Balaban J connectivity index is 1.95. The second kappa shape index (κ2) is 6.41. The van der Waals surface area contributed by atoms with Crippen LogP contribution < -0.4 is 5.32 Å². The largest absolute Gasteiger partial charge is 0.352 e. The van der Waals surface area contributed by atoms with E-state index in [-0.39, 0.29) is 5.91 Å². The topological polar surface area (TPSA) is 52.9 Å². The Morgan fingerprint density at radius 1 is 1.11 bits per heavy atom. The maximum absolute atomic E-state index is 12.5. The summed E-state index contributed by atoms with van der Waals surface area (Å²) in [5.74, 6) is 0.799. The highest BCUT2D eigenvalue weighted by molar-refractivity contribution is 5.85. The van der Waals surface area contributed by atoms with Gasteiger partial charge in [0.1, 0.15) is 5.41 Å². The fraction of sp³-hybridized carbons (Fsp3) is 0.875. The Labute approximate surface area is 116 Å². The number of rotatable bonds is 2. The van der Waals surface area contributed by atoms with Gasteiger partial charge < -0.3 is 5.32 Å². The van der Waals surface area contributed by atoms with Crippen LogP contribution in [0.5, 0.6) is 0 Å². The molecule has 0 radical (unpaired) electrons. The second-order valence-corrected chi connectivity index (χ2v) is 6.54. The fourth-order valence-corrected chi connectivity index (χ4v) is 3.45. The van der Waals surface area contributed by atoms with Gasteiger partial charge in [0.05, 0.1) is 6.07 Å². The zero-order valence-corrected chi connectivity index (χ0v) is 12.1. The molecule has 0 unspecified atom stereocenters. The maximum Gasteiger partial charge on any atom is 0.240 e. The van der Waals surface area contributed by atoms with Crippen molar-refractivity contribution in [3.8, 4) is 6.07 Å². The summed E-state index contributed by atoms with van der Waals surface area (Å²) >= 11 is 0. The van der Waals surface area contributed by atoms with Gasteiger partial charge in [0.15, 0.2) is 0 Å². The lowest BCUT2D eigenvalue weighted by Crippen LogP contribution is -2.46. The third kappa shape index (κ3) is 3.49. The number of nitrogens with zero attached hydrogens (tertiary/aromatic N) is 1. The molecule has 2 aliphatic rings. The molecule has 3 nitrogen and oxygen atoms in total. The quantitative estimate of drug-likeness (QED) is 0.774. The van der Waals surface area contributed by atoms with Crippen molar-refractivity contribution in [1.82, 2.24) is 5.32 Å². The Morgan fingerprint density at radius 3 is 2.21 bits per heavy atom. The molecule has 0 bridgehead atoms. The van der Waals surface area contributed by atoms with Gasteiger partial charge in [-0.2, -0.15) is 5.26 Å². The van der Waals surface area contributed by atoms with Crippen LogP contribution in [0.15, 0.2) is 0 Å². The third-order valence-corrected chi connectivity index (χ3v) is 4.96. The highest BCUT2D eigenvalue weighted by Gasteiger charge is 2.39. The van der Waals surface area contributed by atoms with Gasteiger partial charge in [0, 0.05) is 6.04 Å². The van der Waals surface area contributed by atoms with Crippen LogP contribution in [-0.2, 0) is 4.79 Å². The van der Waals surface area contributed by atoms with E-state index in [4.69, 9.17) is 0 Å². The Bertz CT molecular complexity index is 342. The molecule has 3 heteroatoms. The van der Waals surface area contributed by atoms with E-state index in [1.54, 1.807) is 0 Å². The van der Waals surface area contributed by atoms with Crippen molar-refractivity contribution >= 4 is 5.91 Å². The number of amides is 1. The molecule has 0 atom stereocenters. The molecule has 0 spiro atoms. The average Bonchev–Trinajstić information content (AvgIpc) is 2.67. The molecule has 2 saturated carbocycles. The molecule has 0 saturated heterocycles. The van der Waals surface area contributed by atoms with Crippen molar-refractivity contribution in [2.24, 2.45) is 11.3 Å². The monoisotopic (exact) mass is 262 g/mol. The summed E-state index contributed by atoms with van der Waals surface area (Å²) in [6.07, 6.45) is 10.4. The molecule has 2 aliphatic carbocycles. The van der Waals surface area contributed by atoms with Crippen LogP contribution in [0.2, 0.25) is 0 Å². The number of nitriles is 1. The van der Waals surface area contributed by atoms with Crippen LogP contribution in [0.4, 0.5) is 0 Å². The SMILES string of the molecule is CC1CCC(NC(=O)C2(C#N)CCCCCC2)CC1. The molecule has 2 rings (SSSR count). The predicted octanol–water partition coefficient (Wildman–Crippen LogP) is 3.55. The zero-order valence-electron chi connectivity index (χ0n) is 12.1. The average molecular weight is 262 g/mol. The summed E-state index contributed by atoms with van der Waals surface area (Å²) in [4.78, 5) is 12.5. The molecule has 106 valence electrons. The van der Waals surface area contributed by atoms with Gasteiger partial charge >= 0.3 is 0 Å². The molecule has 0 aromatic carbocycles. The second-order valence-electron chi connectivity index (χ2n) is 6.54. The van der Waals surface area contributed by atoms with E-state index in [0.29, 0.717) is 6.04 Å². The number of hydrogen-bond acceptors (Lipinski definition) is 2. The summed E-state index contributed by atoms with van der Waals surface area (Å²) in [6.45, 7) is 2.28. The number of nitrogens with one attached hydrogen (secondary N) is 1. The summed E-state index contributed by atoms with van der Waals surface area (Å²) in [7, 11) is 0. The van der Waals surface area contributed by atoms with Crippen LogP contribution >= 0.6 is 0 Å². The van der Waals surface area contributed by atoms with E-state index in [1.807, 2.05) is 0 Å². The molecule has 1 N–H and O–H groups in total. The smallest absolute Gasteiger partial charge is 0.240 e. The Hall–Kier alpha value is -1.04. The lowest BCUT2D eigenvalue weighted by Gasteiger charge is -2.31. The molecule has 0 aromatic heterocycles. The van der Waals surface area contributed by atoms with E-state index < -0.39 is 5.41 Å². The van der Waals surface area contributed by atoms with Gasteiger partial charge in [-0.1, -0.05) is 32.6 Å². The van der Waals surface area contributed by atoms with Crippen LogP contribution in [-0.4, -0.2) is 11.9 Å². The summed E-state index contributed by atoms with van der Waals surface area (Å²) in [6, 6.07) is 2.65. The summed E-state index contributed by atoms with van der Waals surface area (Å²) < 4.78 is 0. The summed E-state index contributed by atoms with van der Waals surface area (Å²) in [5, 5.41) is 12.7. The first-order chi connectivity index (χ1) is 9.16. The highest BCUT2D eigenvalue weighted by Crippen LogP contribution is 2.35. The Morgan fingerprint density at radius 2 is 1.68 bits per heavy atom. The minimum atomic E-state index is -0.737. The van der Waals surface area contributed by atoms with E-state index >= 15 is 0 Å². The zero-order chi connectivity index (χ0) is 13.7. The fourth-order valence-electron chi connectivity index (χ4n) is 3.45. The van der Waals surface area contributed by atoms with Crippen LogP contribution in [0.3, 0.4) is 0 Å². The molecule has 2 fully saturated rings. The first-order valence-corrected chi connectivity index (χ1v) is 7.88. The van der Waals surface area contributed by atoms with E-state index in [0.717, 1.165) is 57.3 Å². The lowest BCUT2D eigenvalue weighted by atomic mass is 9.80. The van der Waals surface area contributed by atoms with Gasteiger partial charge in [-0.25, -0.2) is 0 Å². The third-order valence-electron chi connectivity index (χ3n) is 4.96. The molecule has 0 aliphatic heterocycles. The molecule has 19 heavy (non-hydrogen) atoms. The minimum absolute atomic E-state index is 0.0106. The number of carbonyl (C=O) groups is 1. The van der Waals surface area contributed by atoms with Gasteiger partial charge in [-0.3, -0.25) is 4.79 Å². The minimum Gasteiger partial charge on any atom is -0.352 e. The molecular weight excluding hydrogens is 236 g/mol. The normalized spacial score (nSPS) is 30.9. The predicted molar refractivity (Wildman–Crippen MR) is 75.3 cm³/mol. The van der Waals surface area contributed by atoms with Crippen molar-refractivity contribution < 1.29 is 4.79 Å². The van der Waals surface area contributed by atoms with Crippen LogP contribution in [0.1, 0.15) is 71.1 Å². The van der Waals surface area contributed by atoms with E-state index in [9.17, 15) is 10.1 Å². The number of hydrogen-bond donors (Lipinski definition) is 1. The van der Waals surface area contributed by atoms with Crippen molar-refractivity contribution in [3.63, 3.8) is 0 Å². The van der Waals surface area contributed by atoms with Crippen LogP contribution in [0.25, 0.3) is 0 Å². The summed E-state index contributed by atoms with van der Waals surface area (Å²) in [5.41, 5.74) is -0.737. The van der Waals surface area contributed by atoms with Gasteiger partial charge in [0.2, 0.25) is 5.91 Å². The van der Waals surface area contributed by atoms with Gasteiger partial charge in [-0.05, 0) is 44.4 Å². The maximum atomic E-state index is 12.5. The van der Waals surface area contributed by atoms with Crippen LogP contribution in [0, 0.1) is 22.7 Å². The first kappa shape index (κ1) is 14.4. The van der Waals surface area contributed by atoms with Crippen molar-refractivity contribution in [2.75, 3.05) is 0 Å². The molecule has 0 aromatic rings. The lowest BCUT2D eigenvalue weighted by molar-refractivity contribution is -0.129. The standard InChI is InChI=1S/C16H26N2O/c1-13-6-8-14(9-7-13)18-15(19)16(12-17)10-4-2-3-5-11-16/h13-14H,2-11H2,1H3,(H,18,19). The van der Waals surface area contributed by atoms with E-state index in [1.165, 1.54) is 12.8 Å². The van der Waals surface area contributed by atoms with Crippen molar-refractivity contribution in [3.05, 3.63) is 0 Å². The van der Waals surface area contributed by atoms with Gasteiger partial charge in [-0.15, -0.1) is 0 Å². The number of carbonyl (C=O) groups excluding carboxylic acids is 1. The van der Waals surface area contributed by atoms with Gasteiger partial charge in [0.25, 0.3) is 0 Å². The molecule has 1 amide bonds. The van der Waals surface area contributed by atoms with Crippen molar-refractivity contribution in [2.45, 2.75) is 77.2 Å². The first-order valence-electron chi connectivity index (χ1n) is 7.88.